The number of ether oxygens (including phenoxy) is 1. The minimum Gasteiger partial charge on any atom is -0.507 e. The molecule has 1 aliphatic heterocycles. The van der Waals surface area contributed by atoms with E-state index in [1.54, 1.807) is 11.0 Å². The van der Waals surface area contributed by atoms with Crippen LogP contribution >= 0.6 is 11.8 Å². The number of carbonyl (C=O) groups excluding carboxylic acids is 1. The summed E-state index contributed by atoms with van der Waals surface area (Å²) in [6.07, 6.45) is 0. The molecule has 4 aromatic rings. The van der Waals surface area contributed by atoms with Gasteiger partial charge in [0.1, 0.15) is 17.2 Å². The summed E-state index contributed by atoms with van der Waals surface area (Å²) >= 11 is 1.43. The molecule has 31 heavy (non-hydrogen) atoms. The van der Waals surface area contributed by atoms with Crippen LogP contribution in [0, 0.1) is 0 Å². The molecule has 2 N–H and O–H groups in total. The number of hydrogen-bond acceptors (Lipinski definition) is 5. The molecular weight excluding hydrogens is 410 g/mol. The third kappa shape index (κ3) is 3.16. The molecule has 0 atom stereocenters. The lowest BCUT2D eigenvalue weighted by molar-refractivity contribution is 0.0994. The highest BCUT2D eigenvalue weighted by atomic mass is 32.2. The normalized spacial score (nSPS) is 12.9. The van der Waals surface area contributed by atoms with Crippen molar-refractivity contribution in [1.82, 2.24) is 0 Å². The van der Waals surface area contributed by atoms with E-state index in [4.69, 9.17) is 4.74 Å². The number of para-hydroxylation sites is 1. The average molecular weight is 429 g/mol. The predicted octanol–water partition coefficient (Wildman–Crippen LogP) is 5.57. The first-order valence-corrected chi connectivity index (χ1v) is 10.6. The summed E-state index contributed by atoms with van der Waals surface area (Å²) in [5, 5.41) is 22.7. The van der Waals surface area contributed by atoms with E-state index < -0.39 is 0 Å². The Hall–Kier alpha value is -3.64. The molecule has 1 amide bonds. The second kappa shape index (κ2) is 7.56. The Bertz CT molecular complexity index is 1310. The van der Waals surface area contributed by atoms with Crippen molar-refractivity contribution >= 4 is 34.1 Å². The SMILES string of the molecule is COc1cc(O)c2c(O)c3c(c(Sc4ccccc4)c2c1)C(=O)N(c1ccccc1)C3. The summed E-state index contributed by atoms with van der Waals surface area (Å²) in [7, 11) is 1.51. The molecule has 0 unspecified atom stereocenters. The van der Waals surface area contributed by atoms with Crippen LogP contribution in [0.25, 0.3) is 10.8 Å². The first-order chi connectivity index (χ1) is 15.1. The van der Waals surface area contributed by atoms with Gasteiger partial charge in [0.25, 0.3) is 5.91 Å². The Morgan fingerprint density at radius 2 is 1.65 bits per heavy atom. The van der Waals surface area contributed by atoms with Crippen LogP contribution in [0.5, 0.6) is 17.2 Å². The van der Waals surface area contributed by atoms with Gasteiger partial charge in [0.2, 0.25) is 0 Å². The summed E-state index contributed by atoms with van der Waals surface area (Å²) in [6, 6.07) is 22.3. The van der Waals surface area contributed by atoms with Gasteiger partial charge in [0, 0.05) is 32.5 Å². The van der Waals surface area contributed by atoms with Crippen LogP contribution in [-0.2, 0) is 6.54 Å². The molecule has 5 rings (SSSR count). The van der Waals surface area contributed by atoms with Crippen LogP contribution in [0.1, 0.15) is 15.9 Å². The molecule has 4 aromatic carbocycles. The molecule has 0 aliphatic carbocycles. The van der Waals surface area contributed by atoms with Crippen molar-refractivity contribution in [3.05, 3.63) is 83.9 Å². The number of carbonyl (C=O) groups is 1. The van der Waals surface area contributed by atoms with E-state index in [1.165, 1.54) is 24.9 Å². The second-order valence-corrected chi connectivity index (χ2v) is 8.33. The van der Waals surface area contributed by atoms with Crippen molar-refractivity contribution in [2.75, 3.05) is 12.0 Å². The van der Waals surface area contributed by atoms with Crippen molar-refractivity contribution in [3.8, 4) is 17.2 Å². The van der Waals surface area contributed by atoms with Gasteiger partial charge in [-0.15, -0.1) is 0 Å². The molecule has 0 saturated carbocycles. The number of methoxy groups -OCH3 is 1. The van der Waals surface area contributed by atoms with Gasteiger partial charge < -0.3 is 19.8 Å². The van der Waals surface area contributed by atoms with E-state index in [9.17, 15) is 15.0 Å². The smallest absolute Gasteiger partial charge is 0.260 e. The maximum atomic E-state index is 13.6. The summed E-state index contributed by atoms with van der Waals surface area (Å²) in [4.78, 5) is 16.8. The standard InChI is InChI=1S/C25H19NO4S/c1-30-16-12-18-21(20(27)13-16)23(28)19-14-26(15-8-4-2-5-9-15)25(29)22(19)24(18)31-17-10-6-3-7-11-17/h2-13,27-28H,14H2,1H3. The summed E-state index contributed by atoms with van der Waals surface area (Å²) < 4.78 is 5.34. The van der Waals surface area contributed by atoms with E-state index in [0.717, 1.165) is 10.6 Å². The average Bonchev–Trinajstić information content (AvgIpc) is 3.15. The molecule has 0 spiro atoms. The van der Waals surface area contributed by atoms with E-state index in [0.29, 0.717) is 32.5 Å². The molecule has 0 saturated heterocycles. The molecular formula is C25H19NO4S. The zero-order chi connectivity index (χ0) is 21.5. The Kier molecular flexibility index (Phi) is 4.71. The molecule has 0 radical (unpaired) electrons. The van der Waals surface area contributed by atoms with Gasteiger partial charge in [-0.1, -0.05) is 48.2 Å². The minimum absolute atomic E-state index is 0.0747. The molecule has 0 fully saturated rings. The lowest BCUT2D eigenvalue weighted by atomic mass is 9.99. The molecule has 154 valence electrons. The van der Waals surface area contributed by atoms with Gasteiger partial charge in [-0.2, -0.15) is 0 Å². The van der Waals surface area contributed by atoms with Crippen molar-refractivity contribution in [2.24, 2.45) is 0 Å². The van der Waals surface area contributed by atoms with Gasteiger partial charge in [-0.25, -0.2) is 0 Å². The fourth-order valence-corrected chi connectivity index (χ4v) is 5.07. The maximum Gasteiger partial charge on any atom is 0.260 e. The van der Waals surface area contributed by atoms with Crippen LogP contribution in [0.2, 0.25) is 0 Å². The maximum absolute atomic E-state index is 13.6. The first-order valence-electron chi connectivity index (χ1n) is 9.77. The topological polar surface area (TPSA) is 70.0 Å². The van der Waals surface area contributed by atoms with Gasteiger partial charge in [-0.3, -0.25) is 4.79 Å². The highest BCUT2D eigenvalue weighted by Gasteiger charge is 2.36. The molecule has 0 bridgehead atoms. The molecule has 1 aliphatic rings. The quantitative estimate of drug-likeness (QED) is 0.444. The Labute approximate surface area is 183 Å². The zero-order valence-electron chi connectivity index (χ0n) is 16.7. The fourth-order valence-electron chi connectivity index (χ4n) is 3.96. The number of phenols is 2. The molecule has 6 heteroatoms. The lowest BCUT2D eigenvalue weighted by Gasteiger charge is -2.16. The van der Waals surface area contributed by atoms with Crippen molar-refractivity contribution in [3.63, 3.8) is 0 Å². The lowest BCUT2D eigenvalue weighted by Crippen LogP contribution is -2.23. The minimum atomic E-state index is -0.181. The van der Waals surface area contributed by atoms with Crippen LogP contribution in [0.15, 0.2) is 82.6 Å². The van der Waals surface area contributed by atoms with Crippen molar-refractivity contribution in [1.29, 1.82) is 0 Å². The molecule has 0 aromatic heterocycles. The van der Waals surface area contributed by atoms with Gasteiger partial charge in [0.05, 0.1) is 24.6 Å². The highest BCUT2D eigenvalue weighted by molar-refractivity contribution is 7.99. The van der Waals surface area contributed by atoms with Gasteiger partial charge in [0.15, 0.2) is 0 Å². The van der Waals surface area contributed by atoms with Crippen LogP contribution in [0.4, 0.5) is 5.69 Å². The zero-order valence-corrected chi connectivity index (χ0v) is 17.5. The fraction of sp³-hybridized carbons (Fsp3) is 0.0800. The number of hydrogen-bond donors (Lipinski definition) is 2. The number of phenolic OH excluding ortho intramolecular Hbond substituents is 2. The van der Waals surface area contributed by atoms with E-state index in [2.05, 4.69) is 0 Å². The molecule has 1 heterocycles. The summed E-state index contributed by atoms with van der Waals surface area (Å²) in [5.41, 5.74) is 1.72. The second-order valence-electron chi connectivity index (χ2n) is 7.24. The van der Waals surface area contributed by atoms with Gasteiger partial charge >= 0.3 is 0 Å². The molecule has 5 nitrogen and oxygen atoms in total. The summed E-state index contributed by atoms with van der Waals surface area (Å²) in [6.45, 7) is 0.230. The number of fused-ring (bicyclic) bond motifs is 2. The summed E-state index contributed by atoms with van der Waals surface area (Å²) in [5.74, 6) is 0.105. The van der Waals surface area contributed by atoms with E-state index in [1.807, 2.05) is 60.7 Å². The number of aromatic hydroxyl groups is 2. The van der Waals surface area contributed by atoms with E-state index >= 15 is 0 Å². The predicted molar refractivity (Wildman–Crippen MR) is 121 cm³/mol. The third-order valence-corrected chi connectivity index (χ3v) is 6.57. The Balaban J connectivity index is 1.79. The van der Waals surface area contributed by atoms with Crippen molar-refractivity contribution in [2.45, 2.75) is 16.3 Å². The Morgan fingerprint density at radius 3 is 2.32 bits per heavy atom. The largest absolute Gasteiger partial charge is 0.507 e. The third-order valence-electron chi connectivity index (χ3n) is 5.43. The number of anilines is 1. The Morgan fingerprint density at radius 1 is 0.968 bits per heavy atom. The number of amides is 1. The first kappa shape index (κ1) is 19.3. The number of benzene rings is 4. The van der Waals surface area contributed by atoms with Crippen LogP contribution in [-0.4, -0.2) is 23.2 Å². The monoisotopic (exact) mass is 429 g/mol. The van der Waals surface area contributed by atoms with Crippen molar-refractivity contribution < 1.29 is 19.7 Å². The van der Waals surface area contributed by atoms with Gasteiger partial charge in [-0.05, 0) is 30.3 Å². The van der Waals surface area contributed by atoms with E-state index in [-0.39, 0.29) is 24.0 Å². The van der Waals surface area contributed by atoms with Crippen LogP contribution < -0.4 is 9.64 Å². The highest BCUT2D eigenvalue weighted by Crippen LogP contribution is 2.50. The number of rotatable bonds is 4. The van der Waals surface area contributed by atoms with Crippen LogP contribution in [0.3, 0.4) is 0 Å². The number of nitrogens with zero attached hydrogens (tertiary/aromatic N) is 1.